The van der Waals surface area contributed by atoms with Crippen molar-refractivity contribution in [3.05, 3.63) is 312 Å². The molecule has 0 aliphatic rings. The second kappa shape index (κ2) is 28.3. The van der Waals surface area contributed by atoms with E-state index >= 15 is 0 Å². The van der Waals surface area contributed by atoms with E-state index in [0.29, 0.717) is 11.1 Å². The molecule has 0 aliphatic carbocycles. The standard InChI is InChI=1S/C22H24N.3C20H20N/c1-16(2)18-9-7-10-19(14-18)20-12-13-22(23(4)15-20)21-11-6-5-8-17(21)3;1-15-8-4-6-10-18(15)17-12-13-20(21(3)14-17)19-11-7-5-9-16(19)2;1-15-7-6-9-17(13-15)18-11-12-20(21(3)14-18)19-10-5-4-8-16(19)2;1-15-8-10-17(11-9-15)18-12-13-20(21(3)14-18)19-7-5-4-6-16(19)2/h5-16H,1-4H3;3*4-14H,1-3H3/q4*+1/i1D3,16D;;;1D3. The largest absolute Gasteiger partial charge is 0.212 e. The van der Waals surface area contributed by atoms with E-state index in [1.165, 1.54) is 96.2 Å². The first-order valence-electron chi connectivity index (χ1n) is 32.9. The highest BCUT2D eigenvalue weighted by molar-refractivity contribution is 5.71. The molecule has 0 aliphatic heterocycles. The van der Waals surface area contributed by atoms with Crippen LogP contribution in [-0.2, 0) is 28.2 Å². The topological polar surface area (TPSA) is 15.5 Å². The van der Waals surface area contributed by atoms with Gasteiger partial charge in [-0.1, -0.05) is 195 Å². The van der Waals surface area contributed by atoms with Crippen molar-refractivity contribution in [1.82, 2.24) is 0 Å². The molecule has 4 heterocycles. The minimum Gasteiger partial charge on any atom is -0.200 e. The molecule has 8 aromatic carbocycles. The van der Waals surface area contributed by atoms with Crippen molar-refractivity contribution in [2.75, 3.05) is 0 Å². The van der Waals surface area contributed by atoms with E-state index in [1.807, 2.05) is 81.0 Å². The molecule has 4 nitrogen and oxygen atoms in total. The van der Waals surface area contributed by atoms with Crippen LogP contribution in [0, 0.1) is 48.4 Å². The van der Waals surface area contributed by atoms with Gasteiger partial charge in [-0.25, -0.2) is 18.3 Å². The molecular weight excluding hydrogens is 1040 g/mol. The van der Waals surface area contributed by atoms with Crippen molar-refractivity contribution in [1.29, 1.82) is 0 Å². The molecular formula is C82H84N4+4. The van der Waals surface area contributed by atoms with Gasteiger partial charge in [0.25, 0.3) is 0 Å². The Bertz CT molecular complexity index is 4580. The number of benzene rings is 8. The summed E-state index contributed by atoms with van der Waals surface area (Å²) >= 11 is 0. The summed E-state index contributed by atoms with van der Waals surface area (Å²) < 4.78 is 62.3. The summed E-state index contributed by atoms with van der Waals surface area (Å²) in [6.07, 6.45) is 8.53. The van der Waals surface area contributed by atoms with Gasteiger partial charge in [-0.2, -0.15) is 0 Å². The smallest absolute Gasteiger partial charge is 0.200 e. The summed E-state index contributed by atoms with van der Waals surface area (Å²) in [5.41, 5.74) is 27.3. The van der Waals surface area contributed by atoms with Crippen LogP contribution in [0.1, 0.15) is 73.8 Å². The van der Waals surface area contributed by atoms with E-state index in [9.17, 15) is 0 Å². The maximum atomic E-state index is 8.32. The first kappa shape index (κ1) is 52.0. The van der Waals surface area contributed by atoms with E-state index < -0.39 is 19.6 Å². The van der Waals surface area contributed by atoms with Gasteiger partial charge < -0.3 is 0 Å². The number of hydrogen-bond acceptors (Lipinski definition) is 0. The molecule has 0 saturated heterocycles. The lowest BCUT2D eigenvalue weighted by Crippen LogP contribution is -2.30. The molecule has 1 unspecified atom stereocenters. The molecule has 12 aromatic rings. The van der Waals surface area contributed by atoms with Gasteiger partial charge in [0.05, 0.1) is 0 Å². The molecule has 0 radical (unpaired) electrons. The zero-order valence-electron chi connectivity index (χ0n) is 58.7. The van der Waals surface area contributed by atoms with E-state index in [1.54, 1.807) is 18.2 Å². The number of aromatic nitrogens is 4. The quantitative estimate of drug-likeness (QED) is 0.128. The third kappa shape index (κ3) is 15.0. The van der Waals surface area contributed by atoms with Gasteiger partial charge in [0.15, 0.2) is 24.8 Å². The van der Waals surface area contributed by atoms with E-state index in [0.717, 1.165) is 33.6 Å². The van der Waals surface area contributed by atoms with Crippen LogP contribution in [-0.4, -0.2) is 0 Å². The zero-order valence-corrected chi connectivity index (χ0v) is 51.7. The van der Waals surface area contributed by atoms with Crippen LogP contribution in [0.4, 0.5) is 0 Å². The van der Waals surface area contributed by atoms with Crippen LogP contribution >= 0.6 is 0 Å². The molecule has 86 heavy (non-hydrogen) atoms. The Labute approximate surface area is 523 Å². The highest BCUT2D eigenvalue weighted by Crippen LogP contribution is 2.30. The molecule has 0 N–H and O–H groups in total. The van der Waals surface area contributed by atoms with Gasteiger partial charge in [0, 0.05) is 78.4 Å². The van der Waals surface area contributed by atoms with Gasteiger partial charge in [-0.15, -0.1) is 0 Å². The number of aryl methyl sites for hydroxylation is 11. The monoisotopic (exact) mass is 1130 g/mol. The zero-order chi connectivity index (χ0) is 66.8. The Morgan fingerprint density at radius 2 is 0.616 bits per heavy atom. The second-order valence-corrected chi connectivity index (χ2v) is 22.4. The summed E-state index contributed by atoms with van der Waals surface area (Å²) in [6.45, 7) is 9.81. The van der Waals surface area contributed by atoms with Crippen LogP contribution in [0.5, 0.6) is 0 Å². The maximum Gasteiger partial charge on any atom is 0.212 e. The predicted octanol–water partition coefficient (Wildman–Crippen LogP) is 18.7. The van der Waals surface area contributed by atoms with Crippen molar-refractivity contribution < 1.29 is 27.9 Å². The van der Waals surface area contributed by atoms with Crippen molar-refractivity contribution >= 4 is 0 Å². The van der Waals surface area contributed by atoms with Crippen molar-refractivity contribution in [3.63, 3.8) is 0 Å². The summed E-state index contributed by atoms with van der Waals surface area (Å²) in [7, 11) is 8.26. The molecule has 0 spiro atoms. The van der Waals surface area contributed by atoms with Crippen LogP contribution in [0.15, 0.2) is 267 Å². The summed E-state index contributed by atoms with van der Waals surface area (Å²) in [5, 5.41) is 0. The Hall–Kier alpha value is -9.64. The number of hydrogen-bond donors (Lipinski definition) is 0. The molecule has 0 fully saturated rings. The summed E-state index contributed by atoms with van der Waals surface area (Å²) in [6, 6.07) is 82.3. The van der Waals surface area contributed by atoms with Gasteiger partial charge in [0.1, 0.15) is 28.2 Å². The molecule has 428 valence electrons. The SMILES string of the molecule is Cc1cccc(-c2ccc(-c3ccccc3C)[n+](C)c2)c1.Cc1ccccc1-c1ccc(-c2ccccc2C)[n+](C)c1.[2H]C([2H])([2H])C([2H])(C)c1cccc(-c2ccc(-c3ccccc3C)[n+](C)c2)c1.[2H]C([2H])([2H])c1ccc(-c2ccc(-c3ccccc3C)[n+](C)c2)cc1. The average Bonchev–Trinajstić information content (AvgIpc) is 0.852. The lowest BCUT2D eigenvalue weighted by atomic mass is 9.97. The van der Waals surface area contributed by atoms with Crippen molar-refractivity contribution in [2.45, 2.75) is 68.1 Å². The molecule has 0 amide bonds. The fourth-order valence-corrected chi connectivity index (χ4v) is 11.0. The molecule has 0 saturated carbocycles. The lowest BCUT2D eigenvalue weighted by molar-refractivity contribution is -0.660. The van der Waals surface area contributed by atoms with Crippen LogP contribution in [0.25, 0.3) is 89.5 Å². The fourth-order valence-electron chi connectivity index (χ4n) is 11.0. The third-order valence-corrected chi connectivity index (χ3v) is 15.9. The first-order valence-corrected chi connectivity index (χ1v) is 29.4. The van der Waals surface area contributed by atoms with Crippen LogP contribution in [0.2, 0.25) is 0 Å². The summed E-state index contributed by atoms with van der Waals surface area (Å²) in [4.78, 5) is 0. The number of pyridine rings is 4. The van der Waals surface area contributed by atoms with Gasteiger partial charge in [0.2, 0.25) is 22.8 Å². The number of nitrogens with zero attached hydrogens (tertiary/aromatic N) is 4. The Balaban J connectivity index is 0.000000147. The lowest BCUT2D eigenvalue weighted by Gasteiger charge is -2.09. The highest BCUT2D eigenvalue weighted by atomic mass is 14.9. The van der Waals surface area contributed by atoms with Crippen LogP contribution in [0.3, 0.4) is 0 Å². The van der Waals surface area contributed by atoms with Crippen molar-refractivity contribution in [2.24, 2.45) is 28.2 Å². The second-order valence-electron chi connectivity index (χ2n) is 22.4. The molecule has 4 heteroatoms. The first-order chi connectivity index (χ1) is 44.3. The molecule has 0 bridgehead atoms. The normalized spacial score (nSPS) is 12.9. The molecule has 4 aromatic heterocycles. The molecule has 1 atom stereocenters. The van der Waals surface area contributed by atoms with E-state index in [2.05, 4.69) is 256 Å². The Morgan fingerprint density at radius 3 is 0.977 bits per heavy atom. The van der Waals surface area contributed by atoms with Gasteiger partial charge in [-0.3, -0.25) is 0 Å². The minimum absolute atomic E-state index is 0.368. The Kier molecular flexibility index (Phi) is 17.1. The predicted molar refractivity (Wildman–Crippen MR) is 361 cm³/mol. The molecule has 12 rings (SSSR count). The Morgan fingerprint density at radius 1 is 0.291 bits per heavy atom. The van der Waals surface area contributed by atoms with Gasteiger partial charge >= 0.3 is 0 Å². The van der Waals surface area contributed by atoms with Crippen LogP contribution < -0.4 is 18.3 Å². The van der Waals surface area contributed by atoms with Crippen molar-refractivity contribution in [3.8, 4) is 89.5 Å². The van der Waals surface area contributed by atoms with E-state index in [-0.39, 0.29) is 0 Å². The average molecular weight is 1130 g/mol. The summed E-state index contributed by atoms with van der Waals surface area (Å²) in [5.74, 6) is -1.65. The minimum atomic E-state index is -2.38. The highest BCUT2D eigenvalue weighted by Gasteiger charge is 2.18. The van der Waals surface area contributed by atoms with Gasteiger partial charge in [-0.05, 0) is 158 Å². The third-order valence-electron chi connectivity index (χ3n) is 15.9. The maximum absolute atomic E-state index is 8.32. The number of rotatable bonds is 9. The van der Waals surface area contributed by atoms with E-state index in [4.69, 9.17) is 9.60 Å². The fraction of sp³-hybridized carbons (Fsp3) is 0.171.